The van der Waals surface area contributed by atoms with Gasteiger partial charge in [0.05, 0.1) is 5.41 Å². The predicted molar refractivity (Wildman–Crippen MR) is 83.0 cm³/mol. The molecule has 0 heterocycles. The molecule has 1 rings (SSSR count). The molecule has 0 bridgehead atoms. The molecule has 19 heavy (non-hydrogen) atoms. The summed E-state index contributed by atoms with van der Waals surface area (Å²) in [4.78, 5) is 23.3. The molecule has 1 amide bonds. The van der Waals surface area contributed by atoms with Gasteiger partial charge >= 0.3 is 5.97 Å². The zero-order chi connectivity index (χ0) is 14.6. The van der Waals surface area contributed by atoms with Gasteiger partial charge in [-0.3, -0.25) is 9.59 Å². The Morgan fingerprint density at radius 3 is 2.26 bits per heavy atom. The highest BCUT2D eigenvalue weighted by molar-refractivity contribution is 14.1. The van der Waals surface area contributed by atoms with Crippen LogP contribution in [0.1, 0.15) is 27.2 Å². The van der Waals surface area contributed by atoms with Gasteiger partial charge in [0, 0.05) is 15.7 Å². The second-order valence-corrected chi connectivity index (χ2v) is 6.35. The Labute approximate surface area is 126 Å². The van der Waals surface area contributed by atoms with Crippen LogP contribution in [0.2, 0.25) is 0 Å². The van der Waals surface area contributed by atoms with Gasteiger partial charge in [-0.25, -0.2) is 0 Å². The second kappa shape index (κ2) is 6.36. The number of rotatable bonds is 5. The summed E-state index contributed by atoms with van der Waals surface area (Å²) < 4.78 is 1.08. The lowest BCUT2D eigenvalue weighted by Crippen LogP contribution is -2.37. The smallest absolute Gasteiger partial charge is 0.310 e. The lowest BCUT2D eigenvalue weighted by atomic mass is 9.76. The first-order chi connectivity index (χ1) is 8.75. The summed E-state index contributed by atoms with van der Waals surface area (Å²) >= 11 is 2.18. The van der Waals surface area contributed by atoms with Crippen LogP contribution in [0.3, 0.4) is 0 Å². The number of hydrogen-bond acceptors (Lipinski definition) is 2. The number of anilines is 1. The molecule has 1 unspecified atom stereocenters. The van der Waals surface area contributed by atoms with Crippen molar-refractivity contribution in [2.45, 2.75) is 27.2 Å². The number of carboxylic acid groups (broad SMARTS) is 1. The number of carbonyl (C=O) groups is 2. The standard InChI is InChI=1S/C14H18INO3/c1-9(2)14(3,13(18)19)8-12(17)16-11-6-4-10(15)5-7-11/h4-7,9H,8H2,1-3H3,(H,16,17)(H,18,19). The Bertz CT molecular complexity index is 470. The van der Waals surface area contributed by atoms with E-state index in [4.69, 9.17) is 0 Å². The average molecular weight is 375 g/mol. The van der Waals surface area contributed by atoms with E-state index < -0.39 is 11.4 Å². The number of amides is 1. The summed E-state index contributed by atoms with van der Waals surface area (Å²) in [5.74, 6) is -1.34. The van der Waals surface area contributed by atoms with Gasteiger partial charge < -0.3 is 10.4 Å². The van der Waals surface area contributed by atoms with Gasteiger partial charge in [0.15, 0.2) is 0 Å². The molecule has 0 spiro atoms. The van der Waals surface area contributed by atoms with E-state index in [1.54, 1.807) is 19.1 Å². The van der Waals surface area contributed by atoms with Gasteiger partial charge in [-0.2, -0.15) is 0 Å². The van der Waals surface area contributed by atoms with Crippen LogP contribution in [-0.4, -0.2) is 17.0 Å². The second-order valence-electron chi connectivity index (χ2n) is 5.11. The maximum Gasteiger partial charge on any atom is 0.310 e. The van der Waals surface area contributed by atoms with Crippen molar-refractivity contribution in [2.75, 3.05) is 5.32 Å². The minimum Gasteiger partial charge on any atom is -0.481 e. The Hall–Kier alpha value is -1.11. The molecule has 0 aliphatic rings. The van der Waals surface area contributed by atoms with E-state index >= 15 is 0 Å². The van der Waals surface area contributed by atoms with Crippen molar-refractivity contribution in [3.8, 4) is 0 Å². The number of carbonyl (C=O) groups excluding carboxylic acids is 1. The zero-order valence-corrected chi connectivity index (χ0v) is 13.4. The van der Waals surface area contributed by atoms with E-state index in [1.165, 1.54) is 0 Å². The highest BCUT2D eigenvalue weighted by Crippen LogP contribution is 2.31. The van der Waals surface area contributed by atoms with E-state index in [0.717, 1.165) is 3.57 Å². The molecular weight excluding hydrogens is 357 g/mol. The quantitative estimate of drug-likeness (QED) is 0.776. The van der Waals surface area contributed by atoms with Crippen molar-refractivity contribution < 1.29 is 14.7 Å². The number of halogens is 1. The van der Waals surface area contributed by atoms with E-state index in [-0.39, 0.29) is 18.2 Å². The number of nitrogens with one attached hydrogen (secondary N) is 1. The maximum atomic E-state index is 11.9. The molecule has 1 aromatic carbocycles. The van der Waals surface area contributed by atoms with Crippen molar-refractivity contribution in [3.05, 3.63) is 27.8 Å². The molecule has 1 aromatic rings. The third-order valence-corrected chi connectivity index (χ3v) is 4.14. The van der Waals surface area contributed by atoms with Gasteiger partial charge in [0.1, 0.15) is 0 Å². The Balaban J connectivity index is 2.74. The van der Waals surface area contributed by atoms with Crippen molar-refractivity contribution in [1.29, 1.82) is 0 Å². The molecule has 0 aliphatic heterocycles. The Kier molecular flexibility index (Phi) is 5.34. The van der Waals surface area contributed by atoms with Gasteiger partial charge in [-0.05, 0) is 59.7 Å². The van der Waals surface area contributed by atoms with Crippen LogP contribution in [0.5, 0.6) is 0 Å². The van der Waals surface area contributed by atoms with Crippen molar-refractivity contribution >= 4 is 40.2 Å². The van der Waals surface area contributed by atoms with Crippen molar-refractivity contribution in [1.82, 2.24) is 0 Å². The summed E-state index contributed by atoms with van der Waals surface area (Å²) in [5.41, 5.74) is -0.366. The SMILES string of the molecule is CC(C)C(C)(CC(=O)Nc1ccc(I)cc1)C(=O)O. The first kappa shape index (κ1) is 15.9. The fourth-order valence-corrected chi connectivity index (χ4v) is 1.96. The van der Waals surface area contributed by atoms with Gasteiger partial charge in [-0.1, -0.05) is 13.8 Å². The molecule has 0 saturated carbocycles. The number of carboxylic acids is 1. The molecule has 4 nitrogen and oxygen atoms in total. The van der Waals surface area contributed by atoms with Crippen LogP contribution in [-0.2, 0) is 9.59 Å². The number of aliphatic carboxylic acids is 1. The maximum absolute atomic E-state index is 11.9. The van der Waals surface area contributed by atoms with Crippen molar-refractivity contribution in [3.63, 3.8) is 0 Å². The van der Waals surface area contributed by atoms with Gasteiger partial charge in [0.2, 0.25) is 5.91 Å². The van der Waals surface area contributed by atoms with E-state index in [2.05, 4.69) is 27.9 Å². The molecular formula is C14H18INO3. The van der Waals surface area contributed by atoms with E-state index in [0.29, 0.717) is 5.69 Å². The van der Waals surface area contributed by atoms with Crippen LogP contribution in [0.25, 0.3) is 0 Å². The first-order valence-electron chi connectivity index (χ1n) is 6.04. The Morgan fingerprint density at radius 1 is 1.32 bits per heavy atom. The minimum atomic E-state index is -1.05. The topological polar surface area (TPSA) is 66.4 Å². The molecule has 0 radical (unpaired) electrons. The molecule has 0 aromatic heterocycles. The molecule has 104 valence electrons. The molecule has 0 aliphatic carbocycles. The zero-order valence-electron chi connectivity index (χ0n) is 11.2. The summed E-state index contributed by atoms with van der Waals surface area (Å²) in [6.45, 7) is 5.23. The molecule has 1 atom stereocenters. The fourth-order valence-electron chi connectivity index (χ4n) is 1.60. The number of benzene rings is 1. The Morgan fingerprint density at radius 2 is 1.84 bits per heavy atom. The lowest BCUT2D eigenvalue weighted by molar-refractivity contribution is -0.153. The predicted octanol–water partition coefficient (Wildman–Crippen LogP) is 3.37. The number of hydrogen-bond donors (Lipinski definition) is 2. The van der Waals surface area contributed by atoms with Crippen LogP contribution in [0.15, 0.2) is 24.3 Å². The third-order valence-electron chi connectivity index (χ3n) is 3.42. The lowest BCUT2D eigenvalue weighted by Gasteiger charge is -2.28. The summed E-state index contributed by atoms with van der Waals surface area (Å²) in [5, 5.41) is 12.0. The van der Waals surface area contributed by atoms with Crippen LogP contribution < -0.4 is 5.32 Å². The molecule has 0 saturated heterocycles. The fraction of sp³-hybridized carbons (Fsp3) is 0.429. The van der Waals surface area contributed by atoms with E-state index in [9.17, 15) is 14.7 Å². The summed E-state index contributed by atoms with van der Waals surface area (Å²) in [7, 11) is 0. The van der Waals surface area contributed by atoms with Gasteiger partial charge in [0.25, 0.3) is 0 Å². The summed E-state index contributed by atoms with van der Waals surface area (Å²) in [6.07, 6.45) is -0.0357. The van der Waals surface area contributed by atoms with Gasteiger partial charge in [-0.15, -0.1) is 0 Å². The normalized spacial score (nSPS) is 13.9. The summed E-state index contributed by atoms with van der Waals surface area (Å²) in [6, 6.07) is 7.37. The molecule has 5 heteroatoms. The minimum absolute atomic E-state index is 0.0357. The van der Waals surface area contributed by atoms with Crippen LogP contribution in [0.4, 0.5) is 5.69 Å². The largest absolute Gasteiger partial charge is 0.481 e. The molecule has 2 N–H and O–H groups in total. The van der Waals surface area contributed by atoms with Crippen LogP contribution >= 0.6 is 22.6 Å². The third kappa shape index (κ3) is 4.19. The highest BCUT2D eigenvalue weighted by atomic mass is 127. The van der Waals surface area contributed by atoms with E-state index in [1.807, 2.05) is 26.0 Å². The average Bonchev–Trinajstić information content (AvgIpc) is 2.31. The van der Waals surface area contributed by atoms with Crippen molar-refractivity contribution in [2.24, 2.45) is 11.3 Å². The van der Waals surface area contributed by atoms with Crippen LogP contribution in [0, 0.1) is 14.9 Å². The highest BCUT2D eigenvalue weighted by Gasteiger charge is 2.38. The molecule has 0 fully saturated rings. The first-order valence-corrected chi connectivity index (χ1v) is 7.12. The monoisotopic (exact) mass is 375 g/mol.